The van der Waals surface area contributed by atoms with Crippen LogP contribution < -0.4 is 0 Å². The maximum Gasteiger partial charge on any atom is 0.257 e. The molecule has 4 heteroatoms. The van der Waals surface area contributed by atoms with Crippen LogP contribution in [0.15, 0.2) is 47.3 Å². The molecule has 0 aliphatic carbocycles. The molecule has 19 heavy (non-hydrogen) atoms. The maximum absolute atomic E-state index is 12.4. The third kappa shape index (κ3) is 2.38. The first-order valence-electron chi connectivity index (χ1n) is 6.34. The molecule has 1 aliphatic heterocycles. The summed E-state index contributed by atoms with van der Waals surface area (Å²) in [5, 5.41) is 0.717. The van der Waals surface area contributed by atoms with Gasteiger partial charge in [-0.1, -0.05) is 23.7 Å². The van der Waals surface area contributed by atoms with Gasteiger partial charge in [0.2, 0.25) is 0 Å². The smallest absolute Gasteiger partial charge is 0.257 e. The molecule has 0 saturated carbocycles. The number of carbonyl (C=O) groups excluding carboxylic acids is 1. The Morgan fingerprint density at radius 2 is 2.05 bits per heavy atom. The maximum atomic E-state index is 12.4. The van der Waals surface area contributed by atoms with Gasteiger partial charge in [0.1, 0.15) is 6.26 Å². The Bertz CT molecular complexity index is 562. The molecule has 0 N–H and O–H groups in total. The molecule has 2 aromatic rings. The number of carbonyl (C=O) groups is 1. The molecular formula is C15H14ClNO2. The number of hydrogen-bond donors (Lipinski definition) is 0. The predicted octanol–water partition coefficient (Wildman–Crippen LogP) is 3.91. The Hall–Kier alpha value is -1.74. The van der Waals surface area contributed by atoms with Crippen LogP contribution in [0.4, 0.5) is 0 Å². The molecule has 3 nitrogen and oxygen atoms in total. The third-order valence-electron chi connectivity index (χ3n) is 3.54. The summed E-state index contributed by atoms with van der Waals surface area (Å²) in [6.45, 7) is 0.789. The summed E-state index contributed by atoms with van der Waals surface area (Å²) in [4.78, 5) is 14.3. The van der Waals surface area contributed by atoms with Crippen molar-refractivity contribution in [2.45, 2.75) is 18.9 Å². The zero-order valence-corrected chi connectivity index (χ0v) is 11.1. The van der Waals surface area contributed by atoms with Crippen LogP contribution >= 0.6 is 11.6 Å². The van der Waals surface area contributed by atoms with Crippen molar-refractivity contribution in [1.82, 2.24) is 4.90 Å². The van der Waals surface area contributed by atoms with E-state index in [2.05, 4.69) is 0 Å². The van der Waals surface area contributed by atoms with Gasteiger partial charge < -0.3 is 9.32 Å². The van der Waals surface area contributed by atoms with Crippen LogP contribution in [0.2, 0.25) is 5.02 Å². The Kier molecular flexibility index (Phi) is 3.30. The number of halogens is 1. The van der Waals surface area contributed by atoms with Gasteiger partial charge in [-0.15, -0.1) is 0 Å². The van der Waals surface area contributed by atoms with E-state index in [4.69, 9.17) is 16.0 Å². The molecule has 2 heterocycles. The summed E-state index contributed by atoms with van der Waals surface area (Å²) in [5.74, 6) is 0.0335. The normalized spacial score (nSPS) is 18.8. The highest BCUT2D eigenvalue weighted by Gasteiger charge is 2.30. The second kappa shape index (κ2) is 5.10. The molecule has 0 bridgehead atoms. The van der Waals surface area contributed by atoms with Crippen LogP contribution in [0.3, 0.4) is 0 Å². The van der Waals surface area contributed by atoms with Gasteiger partial charge in [-0.2, -0.15) is 0 Å². The highest BCUT2D eigenvalue weighted by atomic mass is 35.5. The van der Waals surface area contributed by atoms with Crippen molar-refractivity contribution in [1.29, 1.82) is 0 Å². The first-order valence-corrected chi connectivity index (χ1v) is 6.72. The van der Waals surface area contributed by atoms with Gasteiger partial charge in [0, 0.05) is 11.6 Å². The van der Waals surface area contributed by atoms with Crippen molar-refractivity contribution in [3.05, 3.63) is 59.0 Å². The first-order chi connectivity index (χ1) is 9.25. The van der Waals surface area contributed by atoms with Gasteiger partial charge in [0.25, 0.3) is 5.91 Å². The van der Waals surface area contributed by atoms with Crippen molar-refractivity contribution >= 4 is 17.5 Å². The predicted molar refractivity (Wildman–Crippen MR) is 73.2 cm³/mol. The van der Waals surface area contributed by atoms with E-state index in [-0.39, 0.29) is 11.9 Å². The molecule has 0 spiro atoms. The van der Waals surface area contributed by atoms with Crippen LogP contribution in [-0.4, -0.2) is 17.4 Å². The lowest BCUT2D eigenvalue weighted by atomic mass is 10.0. The van der Waals surface area contributed by atoms with Crippen molar-refractivity contribution in [2.24, 2.45) is 0 Å². The minimum absolute atomic E-state index is 0.0335. The molecule has 1 amide bonds. The van der Waals surface area contributed by atoms with Crippen molar-refractivity contribution in [3.8, 4) is 0 Å². The highest BCUT2D eigenvalue weighted by molar-refractivity contribution is 6.30. The molecule has 1 aromatic heterocycles. The number of likely N-dealkylation sites (tertiary alicyclic amines) is 1. The van der Waals surface area contributed by atoms with Gasteiger partial charge in [-0.25, -0.2) is 0 Å². The number of rotatable bonds is 2. The minimum atomic E-state index is 0.0335. The fourth-order valence-electron chi connectivity index (χ4n) is 2.59. The fourth-order valence-corrected chi connectivity index (χ4v) is 2.72. The molecule has 0 radical (unpaired) electrons. The zero-order chi connectivity index (χ0) is 13.2. The molecular weight excluding hydrogens is 262 g/mol. The minimum Gasteiger partial charge on any atom is -0.472 e. The number of nitrogens with zero attached hydrogens (tertiary/aromatic N) is 1. The van der Waals surface area contributed by atoms with E-state index in [1.54, 1.807) is 6.07 Å². The lowest BCUT2D eigenvalue weighted by Crippen LogP contribution is -2.30. The summed E-state index contributed by atoms with van der Waals surface area (Å²) in [5.41, 5.74) is 1.75. The summed E-state index contributed by atoms with van der Waals surface area (Å²) in [6.07, 6.45) is 5.04. The number of furan rings is 1. The highest BCUT2D eigenvalue weighted by Crippen LogP contribution is 2.33. The van der Waals surface area contributed by atoms with Crippen LogP contribution in [0, 0.1) is 0 Å². The standard InChI is InChI=1S/C15H14ClNO2/c16-13-5-3-11(4-6-13)14-2-1-8-17(14)15(18)12-7-9-19-10-12/h3-7,9-10,14H,1-2,8H2/t14-/m1/s1. The number of benzene rings is 1. The van der Waals surface area contributed by atoms with Crippen molar-refractivity contribution < 1.29 is 9.21 Å². The summed E-state index contributed by atoms with van der Waals surface area (Å²) < 4.78 is 4.99. The Morgan fingerprint density at radius 3 is 2.74 bits per heavy atom. The Labute approximate surface area is 116 Å². The summed E-state index contributed by atoms with van der Waals surface area (Å²) in [6, 6.07) is 9.58. The van der Waals surface area contributed by atoms with Crippen LogP contribution in [0.1, 0.15) is 34.8 Å². The van der Waals surface area contributed by atoms with E-state index >= 15 is 0 Å². The van der Waals surface area contributed by atoms with Crippen molar-refractivity contribution in [2.75, 3.05) is 6.54 Å². The van der Waals surface area contributed by atoms with Crippen LogP contribution in [0.25, 0.3) is 0 Å². The second-order valence-corrected chi connectivity index (χ2v) is 5.16. The second-order valence-electron chi connectivity index (χ2n) is 4.72. The molecule has 1 saturated heterocycles. The first kappa shape index (κ1) is 12.3. The molecule has 1 atom stereocenters. The molecule has 1 fully saturated rings. The summed E-state index contributed by atoms with van der Waals surface area (Å²) in [7, 11) is 0. The number of hydrogen-bond acceptors (Lipinski definition) is 2. The van der Waals surface area contributed by atoms with Gasteiger partial charge in [-0.05, 0) is 36.6 Å². The topological polar surface area (TPSA) is 33.5 Å². The Balaban J connectivity index is 1.85. The zero-order valence-electron chi connectivity index (χ0n) is 10.4. The largest absolute Gasteiger partial charge is 0.472 e. The third-order valence-corrected chi connectivity index (χ3v) is 3.79. The SMILES string of the molecule is O=C(c1ccoc1)N1CCC[C@@H]1c1ccc(Cl)cc1. The molecule has 98 valence electrons. The van der Waals surface area contributed by atoms with Gasteiger partial charge in [0.05, 0.1) is 17.9 Å². The van der Waals surface area contributed by atoms with E-state index in [9.17, 15) is 4.79 Å². The van der Waals surface area contributed by atoms with Gasteiger partial charge in [0.15, 0.2) is 0 Å². The molecule has 1 aromatic carbocycles. The average molecular weight is 276 g/mol. The average Bonchev–Trinajstić information content (AvgIpc) is 3.10. The van der Waals surface area contributed by atoms with E-state index in [0.29, 0.717) is 5.56 Å². The van der Waals surface area contributed by atoms with E-state index in [0.717, 1.165) is 30.0 Å². The van der Waals surface area contributed by atoms with E-state index < -0.39 is 0 Å². The van der Waals surface area contributed by atoms with Crippen LogP contribution in [0.5, 0.6) is 0 Å². The van der Waals surface area contributed by atoms with Crippen LogP contribution in [-0.2, 0) is 0 Å². The fraction of sp³-hybridized carbons (Fsp3) is 0.267. The monoisotopic (exact) mass is 275 g/mol. The molecule has 0 unspecified atom stereocenters. The molecule has 1 aliphatic rings. The van der Waals surface area contributed by atoms with E-state index in [1.165, 1.54) is 12.5 Å². The van der Waals surface area contributed by atoms with Gasteiger partial charge in [-0.3, -0.25) is 4.79 Å². The number of amides is 1. The van der Waals surface area contributed by atoms with Crippen molar-refractivity contribution in [3.63, 3.8) is 0 Å². The van der Waals surface area contributed by atoms with E-state index in [1.807, 2.05) is 29.2 Å². The lowest BCUT2D eigenvalue weighted by Gasteiger charge is -2.24. The Morgan fingerprint density at radius 1 is 1.26 bits per heavy atom. The quantitative estimate of drug-likeness (QED) is 0.832. The molecule has 3 rings (SSSR count). The lowest BCUT2D eigenvalue weighted by molar-refractivity contribution is 0.0735. The van der Waals surface area contributed by atoms with Gasteiger partial charge >= 0.3 is 0 Å². The summed E-state index contributed by atoms with van der Waals surface area (Å²) >= 11 is 5.91.